The highest BCUT2D eigenvalue weighted by atomic mass is 35.5. The number of ketones is 1. The van der Waals surface area contributed by atoms with Gasteiger partial charge in [-0.15, -0.1) is 0 Å². The Morgan fingerprint density at radius 1 is 1.00 bits per heavy atom. The van der Waals surface area contributed by atoms with E-state index in [1.807, 2.05) is 0 Å². The van der Waals surface area contributed by atoms with Crippen LogP contribution in [0, 0.1) is 5.82 Å². The molecule has 1 atom stereocenters. The van der Waals surface area contributed by atoms with Crippen LogP contribution in [0.25, 0.3) is 0 Å². The average molecular weight is 596 g/mol. The van der Waals surface area contributed by atoms with Gasteiger partial charge in [-0.3, -0.25) is 9.59 Å². The number of alkyl carbamates (subject to hydrolysis) is 1. The highest BCUT2D eigenvalue weighted by Gasteiger charge is 2.37. The second kappa shape index (κ2) is 12.5. The molecule has 218 valence electrons. The Bertz CT molecular complexity index is 1440. The summed E-state index contributed by atoms with van der Waals surface area (Å²) in [6, 6.07) is 11.0. The van der Waals surface area contributed by atoms with E-state index >= 15 is 0 Å². The van der Waals surface area contributed by atoms with Gasteiger partial charge in [-0.2, -0.15) is 13.2 Å². The molecule has 3 aromatic rings. The minimum absolute atomic E-state index is 0.0151. The second-order valence-electron chi connectivity index (χ2n) is 9.79. The molecule has 0 radical (unpaired) electrons. The van der Waals surface area contributed by atoms with Gasteiger partial charge in [-0.25, -0.2) is 14.2 Å². The number of carbonyl (C=O) groups is 3. The monoisotopic (exact) mass is 595 g/mol. The molecule has 2 aromatic carbocycles. The van der Waals surface area contributed by atoms with E-state index in [1.54, 1.807) is 51.1 Å². The molecule has 0 bridgehead atoms. The number of nitrogens with one attached hydrogen (secondary N) is 2. The van der Waals surface area contributed by atoms with Crippen LogP contribution in [-0.4, -0.2) is 34.4 Å². The number of alkyl halides is 3. The zero-order valence-electron chi connectivity index (χ0n) is 22.4. The summed E-state index contributed by atoms with van der Waals surface area (Å²) in [6.07, 6.45) is -5.91. The molecule has 0 aliphatic carbocycles. The molecule has 41 heavy (non-hydrogen) atoms. The van der Waals surface area contributed by atoms with Crippen LogP contribution in [0.3, 0.4) is 0 Å². The number of halogens is 5. The highest BCUT2D eigenvalue weighted by Crippen LogP contribution is 2.40. The fourth-order valence-electron chi connectivity index (χ4n) is 3.43. The van der Waals surface area contributed by atoms with Gasteiger partial charge in [0, 0.05) is 6.07 Å². The minimum atomic E-state index is -4.98. The first-order valence-corrected chi connectivity index (χ1v) is 12.5. The van der Waals surface area contributed by atoms with Crippen LogP contribution in [0.1, 0.15) is 54.9 Å². The van der Waals surface area contributed by atoms with Crippen LogP contribution < -0.4 is 15.4 Å². The summed E-state index contributed by atoms with van der Waals surface area (Å²) in [4.78, 5) is 42.1. The zero-order chi connectivity index (χ0) is 30.5. The summed E-state index contributed by atoms with van der Waals surface area (Å²) >= 11 is 6.03. The molecule has 0 aliphatic heterocycles. The van der Waals surface area contributed by atoms with E-state index in [0.29, 0.717) is 6.07 Å². The van der Waals surface area contributed by atoms with Gasteiger partial charge in [0.05, 0.1) is 21.8 Å². The Morgan fingerprint density at radius 3 is 2.27 bits per heavy atom. The fraction of sp³-hybridized carbons (Fsp3) is 0.286. The topological polar surface area (TPSA) is 107 Å². The van der Waals surface area contributed by atoms with Crippen molar-refractivity contribution in [3.63, 3.8) is 0 Å². The smallest absolute Gasteiger partial charge is 0.417 e. The van der Waals surface area contributed by atoms with Gasteiger partial charge in [-0.05, 0) is 51.5 Å². The summed E-state index contributed by atoms with van der Waals surface area (Å²) < 4.78 is 66.3. The molecule has 0 fully saturated rings. The Kier molecular flexibility index (Phi) is 9.59. The minimum Gasteiger partial charge on any atom is -0.473 e. The Balaban J connectivity index is 1.95. The number of anilines is 1. The van der Waals surface area contributed by atoms with Crippen molar-refractivity contribution in [3.05, 3.63) is 87.8 Å². The Hall–Kier alpha value is -4.19. The van der Waals surface area contributed by atoms with Crippen molar-refractivity contribution >= 4 is 35.1 Å². The van der Waals surface area contributed by atoms with Crippen molar-refractivity contribution in [2.75, 3.05) is 5.32 Å². The molecule has 1 heterocycles. The summed E-state index contributed by atoms with van der Waals surface area (Å²) in [5.41, 5.74) is -3.72. The molecule has 0 saturated heterocycles. The lowest BCUT2D eigenvalue weighted by atomic mass is 10.0. The molecule has 13 heteroatoms. The van der Waals surface area contributed by atoms with E-state index in [-0.39, 0.29) is 12.5 Å². The molecular weight excluding hydrogens is 570 g/mol. The number of amides is 2. The maximum atomic E-state index is 14.8. The van der Waals surface area contributed by atoms with Crippen molar-refractivity contribution in [1.29, 1.82) is 0 Å². The molecule has 3 rings (SSSR count). The van der Waals surface area contributed by atoms with E-state index in [9.17, 15) is 31.9 Å². The lowest BCUT2D eigenvalue weighted by molar-refractivity contribution is -0.137. The number of hydrogen-bond donors (Lipinski definition) is 2. The summed E-state index contributed by atoms with van der Waals surface area (Å²) in [7, 11) is 0. The molecule has 2 amide bonds. The van der Waals surface area contributed by atoms with Gasteiger partial charge in [0.2, 0.25) is 17.6 Å². The maximum absolute atomic E-state index is 14.8. The Labute approximate surface area is 238 Å². The molecule has 1 unspecified atom stereocenters. The third kappa shape index (κ3) is 8.40. The number of carbonyl (C=O) groups excluding carboxylic acids is 3. The van der Waals surface area contributed by atoms with E-state index in [4.69, 9.17) is 21.1 Å². The van der Waals surface area contributed by atoms with Crippen LogP contribution in [0.15, 0.2) is 54.6 Å². The third-order valence-electron chi connectivity index (χ3n) is 5.32. The summed E-state index contributed by atoms with van der Waals surface area (Å²) in [5, 5.41) is 3.46. The van der Waals surface area contributed by atoms with Gasteiger partial charge in [0.1, 0.15) is 18.2 Å². The predicted molar refractivity (Wildman–Crippen MR) is 142 cm³/mol. The van der Waals surface area contributed by atoms with Crippen molar-refractivity contribution in [3.8, 4) is 5.88 Å². The van der Waals surface area contributed by atoms with Crippen molar-refractivity contribution < 1.29 is 41.4 Å². The molecule has 8 nitrogen and oxygen atoms in total. The van der Waals surface area contributed by atoms with Crippen LogP contribution in [-0.2, 0) is 22.3 Å². The number of rotatable bonds is 8. The normalized spacial score (nSPS) is 12.3. The molecule has 0 aliphatic rings. The van der Waals surface area contributed by atoms with Crippen LogP contribution in [0.4, 0.5) is 28.0 Å². The zero-order valence-corrected chi connectivity index (χ0v) is 23.1. The largest absolute Gasteiger partial charge is 0.473 e. The molecule has 0 spiro atoms. The summed E-state index contributed by atoms with van der Waals surface area (Å²) in [5.74, 6) is -3.60. The van der Waals surface area contributed by atoms with Crippen LogP contribution >= 0.6 is 11.6 Å². The Morgan fingerprint density at radius 2 is 1.66 bits per heavy atom. The number of pyridine rings is 1. The average Bonchev–Trinajstić information content (AvgIpc) is 2.86. The number of benzene rings is 2. The standard InChI is InChI=1S/C28H26ClF4N3O5/c1-15(34-26(39)41-27(2,3)4)25(38)35-19-12-10-17(28(31,32)33)22(29)21(19)24(37)23-18(30)11-13-20(36-23)40-14-16-8-6-5-7-9-16/h5-13,15H,14H2,1-4H3,(H,34,39)(H,35,38). The molecule has 0 saturated carbocycles. The van der Waals surface area contributed by atoms with E-state index < -0.39 is 69.0 Å². The fourth-order valence-corrected chi connectivity index (χ4v) is 3.78. The van der Waals surface area contributed by atoms with Crippen LogP contribution in [0.5, 0.6) is 5.88 Å². The SMILES string of the molecule is CC(NC(=O)OC(C)(C)C)C(=O)Nc1ccc(C(F)(F)F)c(Cl)c1C(=O)c1nc(OCc2ccccc2)ccc1F. The van der Waals surface area contributed by atoms with Gasteiger partial charge in [0.15, 0.2) is 11.5 Å². The van der Waals surface area contributed by atoms with E-state index in [0.717, 1.165) is 23.8 Å². The second-order valence-corrected chi connectivity index (χ2v) is 10.2. The maximum Gasteiger partial charge on any atom is 0.417 e. The van der Waals surface area contributed by atoms with Gasteiger partial charge in [0.25, 0.3) is 0 Å². The third-order valence-corrected chi connectivity index (χ3v) is 5.72. The van der Waals surface area contributed by atoms with Gasteiger partial charge in [-0.1, -0.05) is 41.9 Å². The van der Waals surface area contributed by atoms with Gasteiger partial charge < -0.3 is 20.1 Å². The lowest BCUT2D eigenvalue weighted by Gasteiger charge is -2.22. The van der Waals surface area contributed by atoms with Crippen molar-refractivity contribution in [1.82, 2.24) is 10.3 Å². The first-order chi connectivity index (χ1) is 19.1. The first kappa shape index (κ1) is 31.3. The number of aromatic nitrogens is 1. The van der Waals surface area contributed by atoms with E-state index in [2.05, 4.69) is 15.6 Å². The lowest BCUT2D eigenvalue weighted by Crippen LogP contribution is -2.44. The van der Waals surface area contributed by atoms with Crippen LogP contribution in [0.2, 0.25) is 5.02 Å². The quantitative estimate of drug-likeness (QED) is 0.226. The van der Waals surface area contributed by atoms with E-state index in [1.165, 1.54) is 6.92 Å². The number of nitrogens with zero attached hydrogens (tertiary/aromatic N) is 1. The molecule has 2 N–H and O–H groups in total. The highest BCUT2D eigenvalue weighted by molar-refractivity contribution is 6.37. The number of ether oxygens (including phenoxy) is 2. The summed E-state index contributed by atoms with van der Waals surface area (Å²) in [6.45, 7) is 6.11. The van der Waals surface area contributed by atoms with Gasteiger partial charge >= 0.3 is 12.3 Å². The van der Waals surface area contributed by atoms with Crippen molar-refractivity contribution in [2.45, 2.75) is 52.1 Å². The van der Waals surface area contributed by atoms with Crippen molar-refractivity contribution in [2.24, 2.45) is 0 Å². The number of hydrogen-bond acceptors (Lipinski definition) is 6. The predicted octanol–water partition coefficient (Wildman–Crippen LogP) is 6.55. The molecule has 1 aromatic heterocycles. The first-order valence-electron chi connectivity index (χ1n) is 12.1. The molecular formula is C28H26ClF4N3O5.